The first-order valence-electron chi connectivity index (χ1n) is 11.9. The first kappa shape index (κ1) is 23.4. The number of aromatic nitrogens is 2. The molecule has 2 aliphatic heterocycles. The summed E-state index contributed by atoms with van der Waals surface area (Å²) < 4.78 is 28.4. The van der Waals surface area contributed by atoms with Crippen molar-refractivity contribution in [3.63, 3.8) is 0 Å². The zero-order valence-corrected chi connectivity index (χ0v) is 19.5. The molecule has 8 heteroatoms. The number of carbonyl (C=O) groups excluding carboxylic acids is 1. The molecule has 3 aromatic rings. The second kappa shape index (κ2) is 9.34. The Balaban J connectivity index is 1.40. The van der Waals surface area contributed by atoms with E-state index in [9.17, 15) is 18.7 Å². The van der Waals surface area contributed by atoms with Crippen LogP contribution in [0.25, 0.3) is 0 Å². The molecule has 0 unspecified atom stereocenters. The molecule has 4 atom stereocenters. The monoisotopic (exact) mass is 478 g/mol. The minimum Gasteiger partial charge on any atom is -0.385 e. The summed E-state index contributed by atoms with van der Waals surface area (Å²) in [6.07, 6.45) is 1.99. The highest BCUT2D eigenvalue weighted by atomic mass is 19.1. The summed E-state index contributed by atoms with van der Waals surface area (Å²) >= 11 is 0. The summed E-state index contributed by atoms with van der Waals surface area (Å²) in [5.74, 6) is -1.96. The largest absolute Gasteiger partial charge is 0.385 e. The van der Waals surface area contributed by atoms with Crippen molar-refractivity contribution in [2.24, 2.45) is 11.8 Å². The van der Waals surface area contributed by atoms with E-state index in [0.29, 0.717) is 44.0 Å². The molecule has 6 nitrogen and oxygen atoms in total. The predicted molar refractivity (Wildman–Crippen MR) is 128 cm³/mol. The van der Waals surface area contributed by atoms with Crippen LogP contribution in [-0.2, 0) is 10.4 Å². The topological polar surface area (TPSA) is 69.6 Å². The molecule has 1 amide bonds. The second-order valence-electron chi connectivity index (χ2n) is 9.59. The Hall–Kier alpha value is -3.39. The number of aliphatic hydroxyl groups is 1. The van der Waals surface area contributed by atoms with E-state index in [4.69, 9.17) is 0 Å². The maximum absolute atomic E-state index is 14.8. The van der Waals surface area contributed by atoms with E-state index in [-0.39, 0.29) is 11.8 Å². The van der Waals surface area contributed by atoms with Crippen LogP contribution in [-0.4, -0.2) is 52.3 Å². The third-order valence-electron chi connectivity index (χ3n) is 7.54. The zero-order valence-electron chi connectivity index (χ0n) is 19.5. The van der Waals surface area contributed by atoms with Crippen molar-refractivity contribution in [2.45, 2.75) is 24.9 Å². The number of anilines is 1. The lowest BCUT2D eigenvalue weighted by Gasteiger charge is -2.44. The van der Waals surface area contributed by atoms with E-state index in [1.54, 1.807) is 23.2 Å². The number of hydrogen-bond acceptors (Lipinski definition) is 5. The molecule has 5 rings (SSSR count). The lowest BCUT2D eigenvalue weighted by molar-refractivity contribution is -0.144. The number of rotatable bonds is 4. The van der Waals surface area contributed by atoms with Gasteiger partial charge in [-0.15, -0.1) is 5.10 Å². The molecule has 2 aliphatic rings. The van der Waals surface area contributed by atoms with Crippen LogP contribution in [0.15, 0.2) is 66.9 Å². The van der Waals surface area contributed by atoms with Crippen LogP contribution >= 0.6 is 0 Å². The van der Waals surface area contributed by atoms with E-state index >= 15 is 0 Å². The molecule has 0 aliphatic carbocycles. The zero-order chi connectivity index (χ0) is 24.6. The molecule has 0 bridgehead atoms. The fraction of sp³-hybridized carbons (Fsp3) is 0.370. The fourth-order valence-electron chi connectivity index (χ4n) is 5.54. The SMILES string of the molecule is C[C@@H]1CN(C(=O)[C@@H]2CN(c3cccnn3)C[C@H]2c2ccc(F)cc2F)CC[C@@]1(O)c1ccccc1. The van der Waals surface area contributed by atoms with Crippen molar-refractivity contribution in [1.82, 2.24) is 15.1 Å². The molecule has 35 heavy (non-hydrogen) atoms. The van der Waals surface area contributed by atoms with Gasteiger partial charge in [-0.25, -0.2) is 8.78 Å². The number of nitrogens with zero attached hydrogens (tertiary/aromatic N) is 4. The number of amides is 1. The average Bonchev–Trinajstić information content (AvgIpc) is 3.31. The maximum atomic E-state index is 14.8. The van der Waals surface area contributed by atoms with Gasteiger partial charge in [-0.2, -0.15) is 5.10 Å². The molecular weight excluding hydrogens is 450 g/mol. The Labute approximate surface area is 203 Å². The summed E-state index contributed by atoms with van der Waals surface area (Å²) in [5, 5.41) is 19.5. The van der Waals surface area contributed by atoms with Crippen LogP contribution in [0.5, 0.6) is 0 Å². The Morgan fingerprint density at radius 1 is 1.06 bits per heavy atom. The van der Waals surface area contributed by atoms with E-state index in [1.807, 2.05) is 42.2 Å². The van der Waals surface area contributed by atoms with E-state index in [1.165, 1.54) is 12.1 Å². The van der Waals surface area contributed by atoms with E-state index < -0.39 is 29.1 Å². The minimum atomic E-state index is -1.01. The van der Waals surface area contributed by atoms with Crippen molar-refractivity contribution in [3.05, 3.63) is 89.6 Å². The Morgan fingerprint density at radius 3 is 2.54 bits per heavy atom. The molecule has 0 saturated carbocycles. The van der Waals surface area contributed by atoms with Gasteiger partial charge in [0.15, 0.2) is 5.82 Å². The van der Waals surface area contributed by atoms with Crippen LogP contribution in [0.2, 0.25) is 0 Å². The Morgan fingerprint density at radius 2 is 1.86 bits per heavy atom. The first-order valence-corrected chi connectivity index (χ1v) is 11.9. The van der Waals surface area contributed by atoms with Gasteiger partial charge >= 0.3 is 0 Å². The number of hydrogen-bond donors (Lipinski definition) is 1. The summed E-state index contributed by atoms with van der Waals surface area (Å²) in [7, 11) is 0. The highest BCUT2D eigenvalue weighted by Gasteiger charge is 2.46. The fourth-order valence-corrected chi connectivity index (χ4v) is 5.54. The standard InChI is InChI=1S/C27H28F2N4O2/c1-18-15-32(13-11-27(18,35)19-6-3-2-4-7-19)26(34)23-17-33(25-8-5-12-30-31-25)16-22(23)21-10-9-20(28)14-24(21)29/h2-10,12,14,18,22-23,35H,11,13,15-17H2,1H3/t18-,22+,23-,27+/m1/s1. The van der Waals surface area contributed by atoms with Gasteiger partial charge in [0.2, 0.25) is 5.91 Å². The number of halogens is 2. The van der Waals surface area contributed by atoms with Gasteiger partial charge in [-0.05, 0) is 35.7 Å². The highest BCUT2D eigenvalue weighted by molar-refractivity contribution is 5.82. The van der Waals surface area contributed by atoms with Gasteiger partial charge in [0.1, 0.15) is 11.6 Å². The van der Waals surface area contributed by atoms with Gasteiger partial charge in [0.05, 0.1) is 11.5 Å². The molecule has 0 radical (unpaired) electrons. The minimum absolute atomic E-state index is 0.0907. The van der Waals surface area contributed by atoms with Crippen molar-refractivity contribution < 1.29 is 18.7 Å². The Kier molecular flexibility index (Phi) is 6.23. The van der Waals surface area contributed by atoms with Crippen molar-refractivity contribution >= 4 is 11.7 Å². The molecule has 0 spiro atoms. The summed E-state index contributed by atoms with van der Waals surface area (Å²) in [6.45, 7) is 3.46. The smallest absolute Gasteiger partial charge is 0.228 e. The molecule has 2 saturated heterocycles. The summed E-state index contributed by atoms with van der Waals surface area (Å²) in [4.78, 5) is 17.5. The third-order valence-corrected chi connectivity index (χ3v) is 7.54. The van der Waals surface area contributed by atoms with Gasteiger partial charge in [-0.1, -0.05) is 43.3 Å². The molecule has 2 aromatic carbocycles. The van der Waals surface area contributed by atoms with Crippen LogP contribution in [0.3, 0.4) is 0 Å². The third kappa shape index (κ3) is 4.38. The molecule has 3 heterocycles. The molecular formula is C27H28F2N4O2. The van der Waals surface area contributed by atoms with Gasteiger partial charge in [0.25, 0.3) is 0 Å². The maximum Gasteiger partial charge on any atom is 0.228 e. The van der Waals surface area contributed by atoms with Gasteiger partial charge < -0.3 is 14.9 Å². The normalized spacial score (nSPS) is 26.7. The second-order valence-corrected chi connectivity index (χ2v) is 9.59. The van der Waals surface area contributed by atoms with Crippen LogP contribution < -0.4 is 4.90 Å². The molecule has 182 valence electrons. The number of carbonyl (C=O) groups is 1. The van der Waals surface area contributed by atoms with Crippen LogP contribution in [0.4, 0.5) is 14.6 Å². The first-order chi connectivity index (χ1) is 16.9. The molecule has 1 N–H and O–H groups in total. The van der Waals surface area contributed by atoms with Gasteiger partial charge in [0, 0.05) is 50.3 Å². The number of likely N-dealkylation sites (tertiary alicyclic amines) is 1. The van der Waals surface area contributed by atoms with Crippen LogP contribution in [0, 0.1) is 23.5 Å². The number of piperidine rings is 1. The van der Waals surface area contributed by atoms with E-state index in [2.05, 4.69) is 10.2 Å². The Bertz CT molecular complexity index is 1200. The van der Waals surface area contributed by atoms with Crippen molar-refractivity contribution in [3.8, 4) is 0 Å². The summed E-state index contributed by atoms with van der Waals surface area (Å²) in [5.41, 5.74) is 0.157. The summed E-state index contributed by atoms with van der Waals surface area (Å²) in [6, 6.07) is 16.6. The lowest BCUT2D eigenvalue weighted by atomic mass is 9.76. The molecule has 1 aromatic heterocycles. The van der Waals surface area contributed by atoms with Gasteiger partial charge in [-0.3, -0.25) is 4.79 Å². The van der Waals surface area contributed by atoms with E-state index in [0.717, 1.165) is 11.6 Å². The predicted octanol–water partition coefficient (Wildman–Crippen LogP) is 3.73. The van der Waals surface area contributed by atoms with Crippen molar-refractivity contribution in [1.29, 1.82) is 0 Å². The molecule has 2 fully saturated rings. The highest BCUT2D eigenvalue weighted by Crippen LogP contribution is 2.41. The number of benzene rings is 2. The van der Waals surface area contributed by atoms with Crippen molar-refractivity contribution in [2.75, 3.05) is 31.1 Å². The average molecular weight is 479 g/mol. The lowest BCUT2D eigenvalue weighted by Crippen LogP contribution is -2.52. The quantitative estimate of drug-likeness (QED) is 0.619. The van der Waals surface area contributed by atoms with Crippen LogP contribution in [0.1, 0.15) is 30.4 Å².